The maximum atomic E-state index is 5.73. The Labute approximate surface area is 85.5 Å². The summed E-state index contributed by atoms with van der Waals surface area (Å²) in [5, 5.41) is 2.75. The highest BCUT2D eigenvalue weighted by atomic mass is 16.3. The van der Waals surface area contributed by atoms with E-state index in [0.29, 0.717) is 17.3 Å². The number of rotatable bonds is 2. The highest BCUT2D eigenvalue weighted by molar-refractivity contribution is 5.79. The quantitative estimate of drug-likeness (QED) is 0.648. The normalized spacial score (nSPS) is 10.2. The monoisotopic (exact) mass is 206 g/mol. The molecule has 0 aromatic carbocycles. The summed E-state index contributed by atoms with van der Waals surface area (Å²) < 4.78 is 5.08. The van der Waals surface area contributed by atoms with Crippen molar-refractivity contribution in [1.82, 2.24) is 15.0 Å². The van der Waals surface area contributed by atoms with Crippen molar-refractivity contribution in [1.29, 1.82) is 0 Å². The molecule has 78 valence electrons. The van der Waals surface area contributed by atoms with Gasteiger partial charge in [-0.05, 0) is 0 Å². The van der Waals surface area contributed by atoms with Crippen molar-refractivity contribution in [2.24, 2.45) is 0 Å². The van der Waals surface area contributed by atoms with Crippen molar-refractivity contribution in [3.63, 3.8) is 0 Å². The largest absolute Gasteiger partial charge is 0.443 e. The Morgan fingerprint density at radius 1 is 1.27 bits per heavy atom. The van der Waals surface area contributed by atoms with Crippen LogP contribution >= 0.6 is 0 Å². The van der Waals surface area contributed by atoms with Crippen LogP contribution in [0.5, 0.6) is 0 Å². The molecule has 2 aromatic heterocycles. The summed E-state index contributed by atoms with van der Waals surface area (Å²) >= 11 is 0. The van der Waals surface area contributed by atoms with E-state index in [4.69, 9.17) is 15.9 Å². The molecule has 0 spiro atoms. The van der Waals surface area contributed by atoms with Crippen LogP contribution in [0.2, 0.25) is 0 Å². The zero-order chi connectivity index (χ0) is 10.8. The minimum atomic E-state index is 0.253. The number of aromatic nitrogens is 3. The average molecular weight is 206 g/mol. The lowest BCUT2D eigenvalue weighted by molar-refractivity contribution is 0.572. The number of hydrogen-bond acceptors (Lipinski definition) is 7. The van der Waals surface area contributed by atoms with Gasteiger partial charge in [-0.15, -0.1) is 0 Å². The Morgan fingerprint density at radius 3 is 2.40 bits per heavy atom. The lowest BCUT2D eigenvalue weighted by Gasteiger charge is -2.06. The van der Waals surface area contributed by atoms with Crippen LogP contribution in [0.1, 0.15) is 0 Å². The summed E-state index contributed by atoms with van der Waals surface area (Å²) in [6.07, 6.45) is 2.80. The molecule has 0 saturated heterocycles. The van der Waals surface area contributed by atoms with Crippen molar-refractivity contribution in [2.75, 3.05) is 23.8 Å². The topological polar surface area (TPSA) is 116 Å². The predicted octanol–water partition coefficient (Wildman–Crippen LogP) is 0.338. The minimum Gasteiger partial charge on any atom is -0.443 e. The number of nitrogens with zero attached hydrogens (tertiary/aromatic N) is 3. The number of nitrogens with two attached hydrogens (primary N) is 2. The van der Waals surface area contributed by atoms with E-state index in [-0.39, 0.29) is 11.6 Å². The third-order valence-corrected chi connectivity index (χ3v) is 1.87. The fourth-order valence-corrected chi connectivity index (χ4v) is 1.20. The van der Waals surface area contributed by atoms with Gasteiger partial charge in [0, 0.05) is 7.05 Å². The van der Waals surface area contributed by atoms with Gasteiger partial charge in [-0.25, -0.2) is 4.98 Å². The molecule has 0 radical (unpaired) electrons. The zero-order valence-electron chi connectivity index (χ0n) is 8.06. The van der Waals surface area contributed by atoms with Crippen molar-refractivity contribution in [2.45, 2.75) is 0 Å². The van der Waals surface area contributed by atoms with Crippen molar-refractivity contribution < 1.29 is 4.42 Å². The van der Waals surface area contributed by atoms with E-state index < -0.39 is 0 Å². The van der Waals surface area contributed by atoms with Crippen molar-refractivity contribution in [3.8, 4) is 11.3 Å². The van der Waals surface area contributed by atoms with Crippen LogP contribution in [0, 0.1) is 0 Å². The smallest absolute Gasteiger partial charge is 0.226 e. The molecule has 7 heteroatoms. The first-order valence-electron chi connectivity index (χ1n) is 4.22. The Morgan fingerprint density at radius 2 is 1.93 bits per heavy atom. The Hall–Kier alpha value is -2.31. The van der Waals surface area contributed by atoms with Gasteiger partial charge < -0.3 is 21.2 Å². The van der Waals surface area contributed by atoms with Gasteiger partial charge in [0.2, 0.25) is 5.95 Å². The van der Waals surface area contributed by atoms with E-state index in [1.54, 1.807) is 7.05 Å². The van der Waals surface area contributed by atoms with Crippen LogP contribution in [0.4, 0.5) is 17.6 Å². The molecule has 0 unspecified atom stereocenters. The molecule has 2 heterocycles. The van der Waals surface area contributed by atoms with E-state index in [2.05, 4.69) is 20.3 Å². The van der Waals surface area contributed by atoms with Crippen LogP contribution in [0.3, 0.4) is 0 Å². The molecule has 0 bridgehead atoms. The first-order valence-corrected chi connectivity index (χ1v) is 4.22. The van der Waals surface area contributed by atoms with E-state index in [1.165, 1.54) is 12.6 Å². The molecule has 15 heavy (non-hydrogen) atoms. The van der Waals surface area contributed by atoms with E-state index in [9.17, 15) is 0 Å². The second kappa shape index (κ2) is 3.45. The molecule has 0 atom stereocenters. The standard InChI is InChI=1S/C8H10N6O/c1-11-8-13-6(9)5(7(10)14-8)4-2-12-3-15-4/h2-3H,1H3,(H5,9,10,11,13,14). The third kappa shape index (κ3) is 1.54. The van der Waals surface area contributed by atoms with Crippen LogP contribution in [0.15, 0.2) is 17.0 Å². The van der Waals surface area contributed by atoms with Crippen molar-refractivity contribution >= 4 is 17.6 Å². The Balaban J connectivity index is 2.58. The first kappa shape index (κ1) is 9.25. The van der Waals surface area contributed by atoms with Crippen LogP contribution < -0.4 is 16.8 Å². The summed E-state index contributed by atoms with van der Waals surface area (Å²) in [7, 11) is 1.68. The summed E-state index contributed by atoms with van der Waals surface area (Å²) in [4.78, 5) is 11.8. The molecule has 0 aliphatic heterocycles. The maximum absolute atomic E-state index is 5.73. The highest BCUT2D eigenvalue weighted by Gasteiger charge is 2.14. The van der Waals surface area contributed by atoms with E-state index in [1.807, 2.05) is 0 Å². The number of oxazole rings is 1. The molecule has 0 aliphatic carbocycles. The van der Waals surface area contributed by atoms with Gasteiger partial charge in [-0.2, -0.15) is 9.97 Å². The van der Waals surface area contributed by atoms with Crippen LogP contribution in [-0.2, 0) is 0 Å². The van der Waals surface area contributed by atoms with E-state index in [0.717, 1.165) is 0 Å². The molecule has 2 aromatic rings. The molecule has 0 amide bonds. The lowest BCUT2D eigenvalue weighted by Crippen LogP contribution is -2.06. The highest BCUT2D eigenvalue weighted by Crippen LogP contribution is 2.29. The molecule has 0 fully saturated rings. The Bertz CT molecular complexity index is 443. The molecular weight excluding hydrogens is 196 g/mol. The average Bonchev–Trinajstić information content (AvgIpc) is 2.69. The fraction of sp³-hybridized carbons (Fsp3) is 0.125. The van der Waals surface area contributed by atoms with Gasteiger partial charge in [-0.3, -0.25) is 0 Å². The summed E-state index contributed by atoms with van der Waals surface area (Å²) in [6, 6.07) is 0. The maximum Gasteiger partial charge on any atom is 0.226 e. The van der Waals surface area contributed by atoms with E-state index >= 15 is 0 Å². The number of nitrogens with one attached hydrogen (secondary N) is 1. The van der Waals surface area contributed by atoms with Crippen molar-refractivity contribution in [3.05, 3.63) is 12.6 Å². The second-order valence-electron chi connectivity index (χ2n) is 2.81. The number of anilines is 3. The molecule has 0 saturated carbocycles. The summed E-state index contributed by atoms with van der Waals surface area (Å²) in [5.74, 6) is 1.33. The number of nitrogen functional groups attached to an aromatic ring is 2. The third-order valence-electron chi connectivity index (χ3n) is 1.87. The lowest BCUT2D eigenvalue weighted by atomic mass is 10.2. The summed E-state index contributed by atoms with van der Waals surface area (Å²) in [5.41, 5.74) is 11.9. The number of hydrogen-bond donors (Lipinski definition) is 3. The van der Waals surface area contributed by atoms with Gasteiger partial charge in [0.05, 0.1) is 6.20 Å². The van der Waals surface area contributed by atoms with Crippen LogP contribution in [0.25, 0.3) is 11.3 Å². The molecule has 7 nitrogen and oxygen atoms in total. The van der Waals surface area contributed by atoms with Gasteiger partial charge in [0.15, 0.2) is 12.2 Å². The summed E-state index contributed by atoms with van der Waals surface area (Å²) in [6.45, 7) is 0. The second-order valence-corrected chi connectivity index (χ2v) is 2.81. The minimum absolute atomic E-state index is 0.253. The van der Waals surface area contributed by atoms with Gasteiger partial charge >= 0.3 is 0 Å². The molecule has 2 rings (SSSR count). The SMILES string of the molecule is CNc1nc(N)c(-c2cnco2)c(N)n1. The molecule has 0 aliphatic rings. The van der Waals surface area contributed by atoms with Crippen LogP contribution in [-0.4, -0.2) is 22.0 Å². The molecule has 5 N–H and O–H groups in total. The Kier molecular flexibility index (Phi) is 2.13. The van der Waals surface area contributed by atoms with Gasteiger partial charge in [0.1, 0.15) is 17.2 Å². The first-order chi connectivity index (χ1) is 7.22. The van der Waals surface area contributed by atoms with Gasteiger partial charge in [-0.1, -0.05) is 0 Å². The predicted molar refractivity (Wildman–Crippen MR) is 55.9 cm³/mol. The fourth-order valence-electron chi connectivity index (χ4n) is 1.20. The van der Waals surface area contributed by atoms with Gasteiger partial charge in [0.25, 0.3) is 0 Å². The molecular formula is C8H10N6O. The zero-order valence-corrected chi connectivity index (χ0v) is 8.06.